The molecule has 0 bridgehead atoms. The zero-order valence-electron chi connectivity index (χ0n) is 18.2. The normalized spacial score (nSPS) is 18.3. The van der Waals surface area contributed by atoms with Crippen LogP contribution < -0.4 is 14.2 Å². The lowest BCUT2D eigenvalue weighted by atomic mass is 10.1. The zero-order chi connectivity index (χ0) is 21.2. The molecule has 0 spiro atoms. The summed E-state index contributed by atoms with van der Waals surface area (Å²) in [7, 11) is 1.70. The fourth-order valence-corrected chi connectivity index (χ4v) is 4.59. The lowest BCUT2D eigenvalue weighted by Gasteiger charge is -2.26. The van der Waals surface area contributed by atoms with Crippen LogP contribution in [0.5, 0.6) is 17.2 Å². The number of hydrogen-bond acceptors (Lipinski definition) is 5. The topological polar surface area (TPSA) is 48.8 Å². The number of ether oxygens (including phenoxy) is 3. The fourth-order valence-electron chi connectivity index (χ4n) is 4.59. The van der Waals surface area contributed by atoms with E-state index in [1.807, 2.05) is 24.4 Å². The van der Waals surface area contributed by atoms with Crippen LogP contribution in [0.25, 0.3) is 0 Å². The number of fused-ring (bicyclic) bond motifs is 1. The van der Waals surface area contributed by atoms with E-state index in [4.69, 9.17) is 19.2 Å². The van der Waals surface area contributed by atoms with Gasteiger partial charge < -0.3 is 18.8 Å². The minimum absolute atomic E-state index is 0.320. The van der Waals surface area contributed by atoms with Gasteiger partial charge in [-0.25, -0.2) is 4.98 Å². The Balaban J connectivity index is 1.36. The minimum Gasteiger partial charge on any atom is -0.497 e. The molecule has 2 aliphatic heterocycles. The van der Waals surface area contributed by atoms with Crippen LogP contribution >= 0.6 is 0 Å². The number of likely N-dealkylation sites (tertiary alicyclic amines) is 1. The molecule has 1 unspecified atom stereocenters. The Morgan fingerprint density at radius 1 is 1.00 bits per heavy atom. The van der Waals surface area contributed by atoms with Gasteiger partial charge in [0.15, 0.2) is 11.5 Å². The van der Waals surface area contributed by atoms with Gasteiger partial charge in [0.25, 0.3) is 0 Å². The highest BCUT2D eigenvalue weighted by Gasteiger charge is 2.30. The Bertz CT molecular complexity index is 1040. The van der Waals surface area contributed by atoms with Crippen molar-refractivity contribution in [3.8, 4) is 17.2 Å². The average molecular weight is 420 g/mol. The van der Waals surface area contributed by atoms with Crippen molar-refractivity contribution in [2.75, 3.05) is 26.9 Å². The Morgan fingerprint density at radius 2 is 1.77 bits per heavy atom. The number of rotatable bonds is 6. The van der Waals surface area contributed by atoms with E-state index in [1.54, 1.807) is 7.11 Å². The highest BCUT2D eigenvalue weighted by Crippen LogP contribution is 2.36. The quantitative estimate of drug-likeness (QED) is 0.594. The molecule has 6 nitrogen and oxygen atoms in total. The first-order valence-corrected chi connectivity index (χ1v) is 11.0. The number of benzene rings is 2. The summed E-state index contributed by atoms with van der Waals surface area (Å²) in [5.74, 6) is 3.74. The number of imidazole rings is 1. The number of aryl methyl sites for hydroxylation is 1. The first-order chi connectivity index (χ1) is 15.2. The molecule has 6 heteroatoms. The average Bonchev–Trinajstić information content (AvgIpc) is 3.40. The fraction of sp³-hybridized carbons (Fsp3) is 0.400. The molecular formula is C25H29N3O3. The minimum atomic E-state index is 0.320. The summed E-state index contributed by atoms with van der Waals surface area (Å²) < 4.78 is 19.1. The smallest absolute Gasteiger partial charge is 0.161 e. The molecule has 0 N–H and O–H groups in total. The van der Waals surface area contributed by atoms with Crippen molar-refractivity contribution in [3.63, 3.8) is 0 Å². The van der Waals surface area contributed by atoms with Crippen LogP contribution in [-0.2, 0) is 13.1 Å². The second-order valence-corrected chi connectivity index (χ2v) is 8.30. The number of nitrogens with zero attached hydrogens (tertiary/aromatic N) is 3. The van der Waals surface area contributed by atoms with Gasteiger partial charge in [0.1, 0.15) is 24.8 Å². The van der Waals surface area contributed by atoms with E-state index in [0.717, 1.165) is 49.1 Å². The van der Waals surface area contributed by atoms with Crippen LogP contribution in [0.2, 0.25) is 0 Å². The first kappa shape index (κ1) is 19.9. The third-order valence-electron chi connectivity index (χ3n) is 6.24. The lowest BCUT2D eigenvalue weighted by Crippen LogP contribution is -2.26. The van der Waals surface area contributed by atoms with Gasteiger partial charge in [0.05, 0.1) is 13.2 Å². The van der Waals surface area contributed by atoms with Gasteiger partial charge in [-0.3, -0.25) is 4.90 Å². The van der Waals surface area contributed by atoms with Crippen molar-refractivity contribution in [1.29, 1.82) is 0 Å². The Hall–Kier alpha value is -2.99. The van der Waals surface area contributed by atoms with Crippen LogP contribution in [0.3, 0.4) is 0 Å². The van der Waals surface area contributed by atoms with Gasteiger partial charge in [-0.2, -0.15) is 0 Å². The maximum atomic E-state index is 5.78. The maximum Gasteiger partial charge on any atom is 0.161 e. The molecule has 31 heavy (non-hydrogen) atoms. The van der Waals surface area contributed by atoms with Crippen molar-refractivity contribution in [2.24, 2.45) is 0 Å². The van der Waals surface area contributed by atoms with Crippen molar-refractivity contribution >= 4 is 0 Å². The van der Waals surface area contributed by atoms with Crippen LogP contribution in [0.4, 0.5) is 0 Å². The molecule has 0 radical (unpaired) electrons. The monoisotopic (exact) mass is 419 g/mol. The lowest BCUT2D eigenvalue weighted by molar-refractivity contribution is 0.170. The molecule has 5 rings (SSSR count). The van der Waals surface area contributed by atoms with Gasteiger partial charge in [0, 0.05) is 25.0 Å². The summed E-state index contributed by atoms with van der Waals surface area (Å²) >= 11 is 0. The highest BCUT2D eigenvalue weighted by atomic mass is 16.6. The van der Waals surface area contributed by atoms with Gasteiger partial charge in [0.2, 0.25) is 0 Å². The molecule has 1 aromatic heterocycles. The predicted octanol–water partition coefficient (Wildman–Crippen LogP) is 4.36. The van der Waals surface area contributed by atoms with Crippen LogP contribution in [0, 0.1) is 6.92 Å². The van der Waals surface area contributed by atoms with E-state index in [2.05, 4.69) is 40.7 Å². The molecule has 162 valence electrons. The summed E-state index contributed by atoms with van der Waals surface area (Å²) in [5.41, 5.74) is 3.69. The van der Waals surface area contributed by atoms with E-state index in [1.165, 1.54) is 23.2 Å². The summed E-state index contributed by atoms with van der Waals surface area (Å²) in [5, 5.41) is 0. The van der Waals surface area contributed by atoms with Crippen LogP contribution in [-0.4, -0.2) is 41.3 Å². The number of methoxy groups -OCH3 is 1. The van der Waals surface area contributed by atoms with Gasteiger partial charge in [-0.1, -0.05) is 18.2 Å². The molecular weight excluding hydrogens is 390 g/mol. The SMILES string of the molecule is COc1ccc(Cn2c(C)cnc2C2CCCN2Cc2ccc3c(c2)OCCO3)cc1. The number of hydrogen-bond donors (Lipinski definition) is 0. The molecule has 3 heterocycles. The molecule has 0 saturated carbocycles. The standard InChI is InChI=1S/C25H29N3O3/c1-18-15-26-25(28(18)17-19-5-8-21(29-2)9-6-19)22-4-3-11-27(22)16-20-7-10-23-24(14-20)31-13-12-30-23/h5-10,14-15,22H,3-4,11-13,16-17H2,1-2H3. The largest absolute Gasteiger partial charge is 0.497 e. The molecule has 1 atom stereocenters. The Morgan fingerprint density at radius 3 is 2.58 bits per heavy atom. The molecule has 2 aromatic carbocycles. The summed E-state index contributed by atoms with van der Waals surface area (Å²) in [6, 6.07) is 14.9. The zero-order valence-corrected chi connectivity index (χ0v) is 18.2. The van der Waals surface area contributed by atoms with Crippen LogP contribution in [0.1, 0.15) is 41.5 Å². The van der Waals surface area contributed by atoms with E-state index in [9.17, 15) is 0 Å². The van der Waals surface area contributed by atoms with E-state index in [-0.39, 0.29) is 0 Å². The van der Waals surface area contributed by atoms with E-state index >= 15 is 0 Å². The van der Waals surface area contributed by atoms with Crippen molar-refractivity contribution < 1.29 is 14.2 Å². The van der Waals surface area contributed by atoms with E-state index in [0.29, 0.717) is 19.3 Å². The van der Waals surface area contributed by atoms with Gasteiger partial charge in [-0.05, 0) is 61.7 Å². The van der Waals surface area contributed by atoms with Crippen LogP contribution in [0.15, 0.2) is 48.7 Å². The van der Waals surface area contributed by atoms with Crippen molar-refractivity contribution in [3.05, 3.63) is 71.3 Å². The summed E-state index contributed by atoms with van der Waals surface area (Å²) in [6.45, 7) is 6.16. The molecule has 0 amide bonds. The molecule has 3 aromatic rings. The molecule has 0 aliphatic carbocycles. The van der Waals surface area contributed by atoms with Gasteiger partial charge in [-0.15, -0.1) is 0 Å². The second kappa shape index (κ2) is 8.63. The first-order valence-electron chi connectivity index (χ1n) is 11.0. The third-order valence-corrected chi connectivity index (χ3v) is 6.24. The second-order valence-electron chi connectivity index (χ2n) is 8.30. The molecule has 1 fully saturated rings. The third kappa shape index (κ3) is 4.12. The van der Waals surface area contributed by atoms with Crippen molar-refractivity contribution in [2.45, 2.75) is 38.9 Å². The van der Waals surface area contributed by atoms with E-state index < -0.39 is 0 Å². The summed E-state index contributed by atoms with van der Waals surface area (Å²) in [4.78, 5) is 7.38. The molecule has 1 saturated heterocycles. The Kier molecular flexibility index (Phi) is 5.55. The van der Waals surface area contributed by atoms with Crippen molar-refractivity contribution in [1.82, 2.24) is 14.5 Å². The number of aromatic nitrogens is 2. The van der Waals surface area contributed by atoms with Gasteiger partial charge >= 0.3 is 0 Å². The molecule has 2 aliphatic rings. The summed E-state index contributed by atoms with van der Waals surface area (Å²) in [6.07, 6.45) is 4.31. The Labute approximate surface area is 183 Å². The highest BCUT2D eigenvalue weighted by molar-refractivity contribution is 5.43. The predicted molar refractivity (Wildman–Crippen MR) is 119 cm³/mol. The maximum absolute atomic E-state index is 5.78.